The van der Waals surface area contributed by atoms with Crippen LogP contribution in [0.3, 0.4) is 0 Å². The number of nitrogens with one attached hydrogen (secondary N) is 2. The molecular weight excluding hydrogens is 440 g/mol. The third-order valence-corrected chi connectivity index (χ3v) is 6.29. The number of methoxy groups -OCH3 is 1. The van der Waals surface area contributed by atoms with Gasteiger partial charge in [0.05, 0.1) is 12.7 Å². The summed E-state index contributed by atoms with van der Waals surface area (Å²) in [4.78, 5) is 30.6. The monoisotopic (exact) mass is 472 g/mol. The van der Waals surface area contributed by atoms with Gasteiger partial charge in [0, 0.05) is 49.7 Å². The Morgan fingerprint density at radius 3 is 2.43 bits per heavy atom. The summed E-state index contributed by atoms with van der Waals surface area (Å²) in [6.45, 7) is 6.93. The van der Waals surface area contributed by atoms with E-state index < -0.39 is 0 Å². The summed E-state index contributed by atoms with van der Waals surface area (Å²) in [5.74, 6) is 0.0452. The van der Waals surface area contributed by atoms with Gasteiger partial charge in [0.1, 0.15) is 5.75 Å². The molecule has 1 fully saturated rings. The van der Waals surface area contributed by atoms with E-state index in [1.54, 1.807) is 24.3 Å². The van der Waals surface area contributed by atoms with Crippen LogP contribution in [0.15, 0.2) is 66.7 Å². The molecule has 0 saturated carbocycles. The number of likely N-dealkylation sites (N-methyl/N-ethyl adjacent to an activating group) is 1. The van der Waals surface area contributed by atoms with Crippen LogP contribution in [0, 0.1) is 6.92 Å². The van der Waals surface area contributed by atoms with Gasteiger partial charge in [-0.25, -0.2) is 0 Å². The Morgan fingerprint density at radius 1 is 0.886 bits per heavy atom. The van der Waals surface area contributed by atoms with Crippen molar-refractivity contribution in [2.24, 2.45) is 0 Å². The van der Waals surface area contributed by atoms with Crippen molar-refractivity contribution >= 4 is 23.2 Å². The number of ether oxygens (including phenoxy) is 1. The van der Waals surface area contributed by atoms with Crippen molar-refractivity contribution in [3.05, 3.63) is 89.0 Å². The van der Waals surface area contributed by atoms with Crippen LogP contribution in [0.4, 0.5) is 11.4 Å². The van der Waals surface area contributed by atoms with Crippen molar-refractivity contribution in [2.75, 3.05) is 51.0 Å². The molecule has 1 heterocycles. The topological polar surface area (TPSA) is 73.9 Å². The fourth-order valence-corrected chi connectivity index (χ4v) is 4.13. The smallest absolute Gasteiger partial charge is 0.259 e. The molecule has 0 unspecified atom stereocenters. The van der Waals surface area contributed by atoms with E-state index in [1.165, 1.54) is 7.11 Å². The molecule has 1 saturated heterocycles. The van der Waals surface area contributed by atoms with E-state index in [2.05, 4.69) is 33.5 Å². The molecule has 0 spiro atoms. The minimum Gasteiger partial charge on any atom is -0.496 e. The molecule has 3 aromatic rings. The molecule has 7 nitrogen and oxygen atoms in total. The zero-order valence-corrected chi connectivity index (χ0v) is 20.5. The van der Waals surface area contributed by atoms with Gasteiger partial charge < -0.3 is 20.3 Å². The van der Waals surface area contributed by atoms with Crippen molar-refractivity contribution in [3.8, 4) is 5.75 Å². The number of carbonyl (C=O) groups is 2. The molecule has 0 aromatic heterocycles. The fourth-order valence-electron chi connectivity index (χ4n) is 4.13. The summed E-state index contributed by atoms with van der Waals surface area (Å²) < 4.78 is 5.29. The first-order chi connectivity index (χ1) is 16.9. The second-order valence-electron chi connectivity index (χ2n) is 8.92. The number of rotatable bonds is 7. The Balaban J connectivity index is 1.44. The van der Waals surface area contributed by atoms with E-state index >= 15 is 0 Å². The highest BCUT2D eigenvalue weighted by Crippen LogP contribution is 2.24. The maximum atomic E-state index is 13.1. The Kier molecular flexibility index (Phi) is 7.80. The molecule has 4 rings (SSSR count). The van der Waals surface area contributed by atoms with Crippen LogP contribution in [-0.4, -0.2) is 62.0 Å². The summed E-state index contributed by atoms with van der Waals surface area (Å²) in [6, 6.07) is 20.3. The Labute approximate surface area is 206 Å². The lowest BCUT2D eigenvalue weighted by Crippen LogP contribution is -2.43. The number of para-hydroxylation sites is 1. The zero-order valence-electron chi connectivity index (χ0n) is 20.5. The van der Waals surface area contributed by atoms with Gasteiger partial charge in [0.2, 0.25) is 0 Å². The molecule has 1 aliphatic rings. The number of aryl methyl sites for hydroxylation is 1. The summed E-state index contributed by atoms with van der Waals surface area (Å²) in [5.41, 5.74) is 4.32. The number of anilines is 2. The highest BCUT2D eigenvalue weighted by molar-refractivity contribution is 6.07. The molecule has 0 aliphatic carbocycles. The molecule has 0 atom stereocenters. The van der Waals surface area contributed by atoms with Crippen molar-refractivity contribution in [3.63, 3.8) is 0 Å². The predicted molar refractivity (Wildman–Crippen MR) is 139 cm³/mol. The van der Waals surface area contributed by atoms with Crippen molar-refractivity contribution in [1.82, 2.24) is 9.80 Å². The second-order valence-corrected chi connectivity index (χ2v) is 8.92. The number of amides is 2. The predicted octanol–water partition coefficient (Wildman–Crippen LogP) is 4.26. The minimum atomic E-state index is -0.278. The van der Waals surface area contributed by atoms with Crippen LogP contribution in [0.5, 0.6) is 5.75 Å². The third-order valence-electron chi connectivity index (χ3n) is 6.29. The summed E-state index contributed by atoms with van der Waals surface area (Å²) in [6.07, 6.45) is 0. The largest absolute Gasteiger partial charge is 0.496 e. The highest BCUT2D eigenvalue weighted by Gasteiger charge is 2.16. The van der Waals surface area contributed by atoms with E-state index in [0.29, 0.717) is 28.3 Å². The lowest BCUT2D eigenvalue weighted by molar-refractivity contribution is 0.101. The number of hydrogen-bond donors (Lipinski definition) is 2. The Morgan fingerprint density at radius 2 is 1.66 bits per heavy atom. The number of nitrogens with zero attached hydrogens (tertiary/aromatic N) is 2. The number of piperazine rings is 1. The van der Waals surface area contributed by atoms with Crippen LogP contribution in [0.25, 0.3) is 0 Å². The van der Waals surface area contributed by atoms with Gasteiger partial charge in [-0.2, -0.15) is 0 Å². The SMILES string of the molecule is COc1ccccc1C(=O)Nc1ccc(C)c(NC(=O)c2cccc(CN3CCN(C)CC3)c2)c1. The van der Waals surface area contributed by atoms with Crippen LogP contribution < -0.4 is 15.4 Å². The molecule has 35 heavy (non-hydrogen) atoms. The zero-order chi connectivity index (χ0) is 24.8. The lowest BCUT2D eigenvalue weighted by Gasteiger charge is -2.32. The molecule has 0 radical (unpaired) electrons. The summed E-state index contributed by atoms with van der Waals surface area (Å²) in [7, 11) is 3.68. The van der Waals surface area contributed by atoms with E-state index in [4.69, 9.17) is 4.74 Å². The fraction of sp³-hybridized carbons (Fsp3) is 0.286. The minimum absolute atomic E-state index is 0.179. The third kappa shape index (κ3) is 6.26. The standard InChI is InChI=1S/C28H32N4O3/c1-20-11-12-23(29-28(34)24-9-4-5-10-26(24)35-3)18-25(20)30-27(33)22-8-6-7-21(17-22)19-32-15-13-31(2)14-16-32/h4-12,17-18H,13-16,19H2,1-3H3,(H,29,34)(H,30,33). The second kappa shape index (κ2) is 11.2. The van der Waals surface area contributed by atoms with Gasteiger partial charge in [0.15, 0.2) is 0 Å². The molecule has 1 aliphatic heterocycles. The molecule has 7 heteroatoms. The first-order valence-corrected chi connectivity index (χ1v) is 11.8. The van der Waals surface area contributed by atoms with Gasteiger partial charge in [-0.15, -0.1) is 0 Å². The molecule has 2 N–H and O–H groups in total. The molecule has 182 valence electrons. The van der Waals surface area contributed by atoms with E-state index in [1.807, 2.05) is 43.3 Å². The molecular formula is C28H32N4O3. The average molecular weight is 473 g/mol. The van der Waals surface area contributed by atoms with Crippen molar-refractivity contribution in [2.45, 2.75) is 13.5 Å². The quantitative estimate of drug-likeness (QED) is 0.538. The van der Waals surface area contributed by atoms with E-state index in [-0.39, 0.29) is 11.8 Å². The highest BCUT2D eigenvalue weighted by atomic mass is 16.5. The van der Waals surface area contributed by atoms with Crippen molar-refractivity contribution < 1.29 is 14.3 Å². The average Bonchev–Trinajstić information content (AvgIpc) is 2.87. The Hall–Kier alpha value is -3.68. The van der Waals surface area contributed by atoms with E-state index in [9.17, 15) is 9.59 Å². The van der Waals surface area contributed by atoms with E-state index in [0.717, 1.165) is 43.9 Å². The van der Waals surface area contributed by atoms with Gasteiger partial charge in [-0.1, -0.05) is 30.3 Å². The molecule has 3 aromatic carbocycles. The van der Waals surface area contributed by atoms with Crippen LogP contribution >= 0.6 is 0 Å². The maximum Gasteiger partial charge on any atom is 0.259 e. The number of hydrogen-bond acceptors (Lipinski definition) is 5. The van der Waals surface area contributed by atoms with Crippen LogP contribution in [0.1, 0.15) is 31.8 Å². The van der Waals surface area contributed by atoms with Gasteiger partial charge in [0.25, 0.3) is 11.8 Å². The lowest BCUT2D eigenvalue weighted by atomic mass is 10.1. The molecule has 2 amide bonds. The Bertz CT molecular complexity index is 1200. The van der Waals surface area contributed by atoms with Crippen molar-refractivity contribution in [1.29, 1.82) is 0 Å². The first kappa shape index (κ1) is 24.4. The number of carbonyl (C=O) groups excluding carboxylic acids is 2. The van der Waals surface area contributed by atoms with Gasteiger partial charge in [-0.3, -0.25) is 14.5 Å². The van der Waals surface area contributed by atoms with Gasteiger partial charge in [-0.05, 0) is 61.5 Å². The molecule has 0 bridgehead atoms. The summed E-state index contributed by atoms with van der Waals surface area (Å²) >= 11 is 0. The van der Waals surface area contributed by atoms with Crippen LogP contribution in [-0.2, 0) is 6.54 Å². The maximum absolute atomic E-state index is 13.1. The van der Waals surface area contributed by atoms with Crippen LogP contribution in [0.2, 0.25) is 0 Å². The van der Waals surface area contributed by atoms with Gasteiger partial charge >= 0.3 is 0 Å². The summed E-state index contributed by atoms with van der Waals surface area (Å²) in [5, 5.41) is 5.90. The number of benzene rings is 3. The first-order valence-electron chi connectivity index (χ1n) is 11.8. The normalized spacial score (nSPS) is 14.4.